The number of methoxy groups -OCH3 is 1. The van der Waals surface area contributed by atoms with Gasteiger partial charge in [0.1, 0.15) is 11.8 Å². The molecule has 0 spiro atoms. The zero-order valence-electron chi connectivity index (χ0n) is 10.7. The van der Waals surface area contributed by atoms with Crippen LogP contribution in [0.5, 0.6) is 5.75 Å². The molecule has 0 radical (unpaired) electrons. The molecule has 1 amide bonds. The van der Waals surface area contributed by atoms with Crippen molar-refractivity contribution in [1.82, 2.24) is 4.98 Å². The maximum Gasteiger partial charge on any atom is 0.248 e. The Kier molecular flexibility index (Phi) is 4.35. The second-order valence-electron chi connectivity index (χ2n) is 3.92. The standard InChI is InChI=1S/C13H15N3O2S/c1-9(12(17)16-13-14-7-8-19-13)15-10-3-5-11(18-2)6-4-10/h3-9,15H,1-2H3,(H,14,16,17)/t9-/m0/s1. The fourth-order valence-corrected chi connectivity index (χ4v) is 2.03. The highest BCUT2D eigenvalue weighted by Gasteiger charge is 2.13. The van der Waals surface area contributed by atoms with Gasteiger partial charge in [-0.25, -0.2) is 4.98 Å². The van der Waals surface area contributed by atoms with E-state index in [0.29, 0.717) is 5.13 Å². The number of benzene rings is 1. The monoisotopic (exact) mass is 277 g/mol. The summed E-state index contributed by atoms with van der Waals surface area (Å²) in [5.41, 5.74) is 0.864. The number of amides is 1. The predicted octanol–water partition coefficient (Wildman–Crippen LogP) is 2.59. The quantitative estimate of drug-likeness (QED) is 0.881. The van der Waals surface area contributed by atoms with Crippen LogP contribution < -0.4 is 15.4 Å². The number of anilines is 2. The molecule has 1 aromatic carbocycles. The topological polar surface area (TPSA) is 63.2 Å². The highest BCUT2D eigenvalue weighted by molar-refractivity contribution is 7.13. The third-order valence-corrected chi connectivity index (χ3v) is 3.22. The van der Waals surface area contributed by atoms with E-state index in [2.05, 4.69) is 15.6 Å². The fourth-order valence-electron chi connectivity index (χ4n) is 1.50. The summed E-state index contributed by atoms with van der Waals surface area (Å²) in [4.78, 5) is 15.9. The molecule has 100 valence electrons. The van der Waals surface area contributed by atoms with Gasteiger partial charge in [0, 0.05) is 17.3 Å². The molecule has 6 heteroatoms. The average molecular weight is 277 g/mol. The number of nitrogens with one attached hydrogen (secondary N) is 2. The minimum Gasteiger partial charge on any atom is -0.497 e. The van der Waals surface area contributed by atoms with E-state index >= 15 is 0 Å². The SMILES string of the molecule is COc1ccc(N[C@@H](C)C(=O)Nc2nccs2)cc1. The summed E-state index contributed by atoms with van der Waals surface area (Å²) in [6, 6.07) is 7.07. The molecule has 0 saturated carbocycles. The molecule has 0 fully saturated rings. The van der Waals surface area contributed by atoms with E-state index < -0.39 is 0 Å². The van der Waals surface area contributed by atoms with E-state index in [0.717, 1.165) is 11.4 Å². The first kappa shape index (κ1) is 13.4. The minimum atomic E-state index is -0.350. The molecule has 2 rings (SSSR count). The Bertz CT molecular complexity index is 525. The summed E-state index contributed by atoms with van der Waals surface area (Å²) in [5, 5.41) is 8.28. The Labute approximate surface area is 115 Å². The number of carbonyl (C=O) groups is 1. The van der Waals surface area contributed by atoms with Crippen molar-refractivity contribution >= 4 is 28.1 Å². The Morgan fingerprint density at radius 3 is 2.68 bits per heavy atom. The van der Waals surface area contributed by atoms with Crippen molar-refractivity contribution in [2.24, 2.45) is 0 Å². The summed E-state index contributed by atoms with van der Waals surface area (Å²) in [6.45, 7) is 1.80. The van der Waals surface area contributed by atoms with Gasteiger partial charge in [-0.2, -0.15) is 0 Å². The number of carbonyl (C=O) groups excluding carboxylic acids is 1. The molecule has 0 bridgehead atoms. The van der Waals surface area contributed by atoms with Gasteiger partial charge in [-0.1, -0.05) is 0 Å². The van der Waals surface area contributed by atoms with Crippen LogP contribution in [0.1, 0.15) is 6.92 Å². The van der Waals surface area contributed by atoms with E-state index in [-0.39, 0.29) is 11.9 Å². The smallest absolute Gasteiger partial charge is 0.248 e. The summed E-state index contributed by atoms with van der Waals surface area (Å²) in [5.74, 6) is 0.663. The Morgan fingerprint density at radius 1 is 1.37 bits per heavy atom. The molecule has 0 aliphatic heterocycles. The van der Waals surface area contributed by atoms with Crippen molar-refractivity contribution in [2.45, 2.75) is 13.0 Å². The lowest BCUT2D eigenvalue weighted by molar-refractivity contribution is -0.116. The zero-order valence-corrected chi connectivity index (χ0v) is 11.5. The highest BCUT2D eigenvalue weighted by atomic mass is 32.1. The van der Waals surface area contributed by atoms with Gasteiger partial charge in [0.05, 0.1) is 7.11 Å². The van der Waals surface area contributed by atoms with E-state index in [1.165, 1.54) is 11.3 Å². The first-order valence-electron chi connectivity index (χ1n) is 5.80. The first-order chi connectivity index (χ1) is 9.19. The van der Waals surface area contributed by atoms with Crippen LogP contribution >= 0.6 is 11.3 Å². The van der Waals surface area contributed by atoms with Crippen molar-refractivity contribution in [3.63, 3.8) is 0 Å². The van der Waals surface area contributed by atoms with E-state index in [4.69, 9.17) is 4.74 Å². The van der Waals surface area contributed by atoms with Crippen LogP contribution in [-0.4, -0.2) is 24.0 Å². The maximum atomic E-state index is 11.9. The van der Waals surface area contributed by atoms with Crippen LogP contribution in [0.25, 0.3) is 0 Å². The van der Waals surface area contributed by atoms with Crippen LogP contribution in [0.3, 0.4) is 0 Å². The lowest BCUT2D eigenvalue weighted by atomic mass is 10.2. The van der Waals surface area contributed by atoms with Crippen LogP contribution in [0.4, 0.5) is 10.8 Å². The fraction of sp³-hybridized carbons (Fsp3) is 0.231. The number of rotatable bonds is 5. The molecule has 0 aliphatic rings. The number of hydrogen-bond acceptors (Lipinski definition) is 5. The van der Waals surface area contributed by atoms with Crippen molar-refractivity contribution in [1.29, 1.82) is 0 Å². The van der Waals surface area contributed by atoms with Gasteiger partial charge in [0.2, 0.25) is 5.91 Å². The number of nitrogens with zero attached hydrogens (tertiary/aromatic N) is 1. The van der Waals surface area contributed by atoms with Crippen molar-refractivity contribution < 1.29 is 9.53 Å². The summed E-state index contributed by atoms with van der Waals surface area (Å²) < 4.78 is 5.08. The zero-order chi connectivity index (χ0) is 13.7. The van der Waals surface area contributed by atoms with Crippen LogP contribution in [0, 0.1) is 0 Å². The Morgan fingerprint density at radius 2 is 2.11 bits per heavy atom. The van der Waals surface area contributed by atoms with Gasteiger partial charge < -0.3 is 15.4 Å². The molecular formula is C13H15N3O2S. The van der Waals surface area contributed by atoms with Gasteiger partial charge in [0.15, 0.2) is 5.13 Å². The van der Waals surface area contributed by atoms with Gasteiger partial charge in [0.25, 0.3) is 0 Å². The summed E-state index contributed by atoms with van der Waals surface area (Å²) >= 11 is 1.39. The van der Waals surface area contributed by atoms with E-state index in [1.54, 1.807) is 20.2 Å². The van der Waals surface area contributed by atoms with Gasteiger partial charge >= 0.3 is 0 Å². The van der Waals surface area contributed by atoms with Gasteiger partial charge in [-0.15, -0.1) is 11.3 Å². The third-order valence-electron chi connectivity index (χ3n) is 2.53. The molecule has 2 N–H and O–H groups in total. The van der Waals surface area contributed by atoms with Gasteiger partial charge in [-0.05, 0) is 31.2 Å². The maximum absolute atomic E-state index is 11.9. The molecule has 0 saturated heterocycles. The second kappa shape index (κ2) is 6.19. The van der Waals surface area contributed by atoms with E-state index in [9.17, 15) is 4.79 Å². The largest absolute Gasteiger partial charge is 0.497 e. The van der Waals surface area contributed by atoms with Crippen LogP contribution in [0.2, 0.25) is 0 Å². The number of aromatic nitrogens is 1. The lowest BCUT2D eigenvalue weighted by Crippen LogP contribution is -2.31. The number of thiazole rings is 1. The molecule has 5 nitrogen and oxygen atoms in total. The van der Waals surface area contributed by atoms with E-state index in [1.807, 2.05) is 29.6 Å². The molecule has 0 unspecified atom stereocenters. The highest BCUT2D eigenvalue weighted by Crippen LogP contribution is 2.16. The van der Waals surface area contributed by atoms with Crippen molar-refractivity contribution in [2.75, 3.05) is 17.7 Å². The first-order valence-corrected chi connectivity index (χ1v) is 6.68. The molecule has 1 aromatic heterocycles. The molecule has 2 aromatic rings. The molecule has 0 aliphatic carbocycles. The normalized spacial score (nSPS) is 11.7. The number of ether oxygens (including phenoxy) is 1. The molecular weight excluding hydrogens is 262 g/mol. The van der Waals surface area contributed by atoms with Crippen molar-refractivity contribution in [3.8, 4) is 5.75 Å². The Hall–Kier alpha value is -2.08. The Balaban J connectivity index is 1.92. The average Bonchev–Trinajstić information content (AvgIpc) is 2.92. The minimum absolute atomic E-state index is 0.120. The summed E-state index contributed by atoms with van der Waals surface area (Å²) in [7, 11) is 1.62. The second-order valence-corrected chi connectivity index (χ2v) is 4.82. The van der Waals surface area contributed by atoms with Crippen molar-refractivity contribution in [3.05, 3.63) is 35.8 Å². The summed E-state index contributed by atoms with van der Waals surface area (Å²) in [6.07, 6.45) is 1.65. The van der Waals surface area contributed by atoms with Crippen LogP contribution in [0.15, 0.2) is 35.8 Å². The third kappa shape index (κ3) is 3.69. The molecule has 1 atom stereocenters. The number of hydrogen-bond donors (Lipinski definition) is 2. The predicted molar refractivity (Wildman–Crippen MR) is 76.8 cm³/mol. The molecule has 1 heterocycles. The van der Waals surface area contributed by atoms with Crippen LogP contribution in [-0.2, 0) is 4.79 Å². The molecule has 19 heavy (non-hydrogen) atoms. The van der Waals surface area contributed by atoms with Gasteiger partial charge in [-0.3, -0.25) is 4.79 Å². The lowest BCUT2D eigenvalue weighted by Gasteiger charge is -2.14.